The third-order valence-electron chi connectivity index (χ3n) is 4.59. The third kappa shape index (κ3) is 4.95. The molecule has 148 valence electrons. The molecule has 1 fully saturated rings. The lowest BCUT2D eigenvalue weighted by Crippen LogP contribution is -2.41. The van der Waals surface area contributed by atoms with Crippen LogP contribution in [0.15, 0.2) is 34.1 Å². The molecule has 0 bridgehead atoms. The number of rotatable bonds is 7. The number of carbonyl (C=O) groups is 1. The van der Waals surface area contributed by atoms with Crippen LogP contribution in [0.1, 0.15) is 12.8 Å². The number of thiophene rings is 1. The monoisotopic (exact) mass is 411 g/mol. The van der Waals surface area contributed by atoms with Gasteiger partial charge in [0, 0.05) is 31.7 Å². The maximum absolute atomic E-state index is 12.5. The van der Waals surface area contributed by atoms with E-state index in [-0.39, 0.29) is 11.8 Å². The molecular weight excluding hydrogens is 386 g/mol. The van der Waals surface area contributed by atoms with E-state index in [9.17, 15) is 13.2 Å². The van der Waals surface area contributed by atoms with E-state index >= 15 is 0 Å². The lowest BCUT2D eigenvalue weighted by molar-refractivity contribution is -0.120. The topological polar surface area (TPSA) is 87.5 Å². The van der Waals surface area contributed by atoms with Crippen molar-refractivity contribution in [3.8, 4) is 0 Å². The number of amides is 1. The second-order valence-corrected chi connectivity index (χ2v) is 10.0. The summed E-state index contributed by atoms with van der Waals surface area (Å²) < 4.78 is 28.7. The van der Waals surface area contributed by atoms with Crippen LogP contribution in [0.5, 0.6) is 0 Å². The minimum absolute atomic E-state index is 0.0738. The van der Waals surface area contributed by atoms with Gasteiger partial charge in [-0.2, -0.15) is 9.40 Å². The molecule has 1 N–H and O–H groups in total. The Morgan fingerprint density at radius 2 is 2.11 bits per heavy atom. The van der Waals surface area contributed by atoms with E-state index in [1.54, 1.807) is 28.4 Å². The fraction of sp³-hybridized carbons (Fsp3) is 0.529. The van der Waals surface area contributed by atoms with Crippen molar-refractivity contribution in [1.82, 2.24) is 19.0 Å². The molecular formula is C17H25N5O3S2. The number of anilines is 1. The summed E-state index contributed by atoms with van der Waals surface area (Å²) in [6.45, 7) is 2.34. The van der Waals surface area contributed by atoms with Crippen LogP contribution in [-0.2, 0) is 21.4 Å². The van der Waals surface area contributed by atoms with Gasteiger partial charge in [-0.25, -0.2) is 8.42 Å². The van der Waals surface area contributed by atoms with Gasteiger partial charge in [-0.15, -0.1) is 11.3 Å². The van der Waals surface area contributed by atoms with E-state index in [0.29, 0.717) is 35.8 Å². The minimum Gasteiger partial charge on any atom is -0.323 e. The van der Waals surface area contributed by atoms with E-state index in [1.165, 1.54) is 15.6 Å². The van der Waals surface area contributed by atoms with Gasteiger partial charge in [-0.1, -0.05) is 6.07 Å². The Kier molecular flexibility index (Phi) is 6.30. The molecule has 0 atom stereocenters. The molecule has 0 unspecified atom stereocenters. The summed E-state index contributed by atoms with van der Waals surface area (Å²) in [5, 5.41) is 8.90. The van der Waals surface area contributed by atoms with E-state index in [4.69, 9.17) is 0 Å². The molecule has 3 rings (SSSR count). The van der Waals surface area contributed by atoms with Gasteiger partial charge in [-0.3, -0.25) is 9.48 Å². The molecule has 1 aliphatic rings. The lowest BCUT2D eigenvalue weighted by atomic mass is 9.97. The average Bonchev–Trinajstić information content (AvgIpc) is 3.32. The highest BCUT2D eigenvalue weighted by Gasteiger charge is 2.32. The van der Waals surface area contributed by atoms with Gasteiger partial charge in [-0.05, 0) is 38.4 Å². The molecule has 2 aromatic heterocycles. The van der Waals surface area contributed by atoms with Crippen LogP contribution in [0, 0.1) is 5.92 Å². The fourth-order valence-corrected chi connectivity index (χ4v) is 5.61. The molecule has 0 spiro atoms. The van der Waals surface area contributed by atoms with Crippen molar-refractivity contribution in [2.75, 3.05) is 39.0 Å². The standard InChI is InChI=1S/C17H25N5O3S2/c1-20(2)9-10-21-13-15(12-18-21)19-17(23)14-5-7-22(8-6-14)27(24,25)16-4-3-11-26-16/h3-4,11-14H,5-10H2,1-2H3,(H,19,23). The summed E-state index contributed by atoms with van der Waals surface area (Å²) in [7, 11) is 0.560. The zero-order valence-electron chi connectivity index (χ0n) is 15.5. The van der Waals surface area contributed by atoms with Crippen LogP contribution in [0.4, 0.5) is 5.69 Å². The SMILES string of the molecule is CN(C)CCn1cc(NC(=O)C2CCN(S(=O)(=O)c3cccs3)CC2)cn1. The fourth-order valence-electron chi connectivity index (χ4n) is 2.99. The van der Waals surface area contributed by atoms with Gasteiger partial charge < -0.3 is 10.2 Å². The molecule has 1 saturated heterocycles. The van der Waals surface area contributed by atoms with Crippen molar-refractivity contribution < 1.29 is 13.2 Å². The van der Waals surface area contributed by atoms with Crippen LogP contribution in [0.3, 0.4) is 0 Å². The minimum atomic E-state index is -3.43. The van der Waals surface area contributed by atoms with Crippen molar-refractivity contribution in [2.24, 2.45) is 5.92 Å². The summed E-state index contributed by atoms with van der Waals surface area (Å²) in [5.74, 6) is -0.264. The highest BCUT2D eigenvalue weighted by molar-refractivity contribution is 7.91. The summed E-state index contributed by atoms with van der Waals surface area (Å²) in [6, 6.07) is 3.35. The predicted molar refractivity (Wildman–Crippen MR) is 105 cm³/mol. The summed E-state index contributed by atoms with van der Waals surface area (Å²) >= 11 is 1.22. The zero-order chi connectivity index (χ0) is 19.4. The van der Waals surface area contributed by atoms with Gasteiger partial charge in [0.25, 0.3) is 10.0 Å². The maximum Gasteiger partial charge on any atom is 0.252 e. The number of aromatic nitrogens is 2. The summed E-state index contributed by atoms with van der Waals surface area (Å²) in [4.78, 5) is 14.6. The first-order valence-electron chi connectivity index (χ1n) is 8.88. The Hall–Kier alpha value is -1.75. The zero-order valence-corrected chi connectivity index (χ0v) is 17.2. The van der Waals surface area contributed by atoms with Crippen LogP contribution >= 0.6 is 11.3 Å². The number of piperidine rings is 1. The number of sulfonamides is 1. The van der Waals surface area contributed by atoms with Crippen LogP contribution in [0.2, 0.25) is 0 Å². The molecule has 2 aromatic rings. The van der Waals surface area contributed by atoms with Gasteiger partial charge in [0.05, 0.1) is 18.4 Å². The van der Waals surface area contributed by atoms with Gasteiger partial charge >= 0.3 is 0 Å². The Morgan fingerprint density at radius 1 is 1.37 bits per heavy atom. The number of carbonyl (C=O) groups excluding carboxylic acids is 1. The smallest absolute Gasteiger partial charge is 0.252 e. The van der Waals surface area contributed by atoms with Crippen LogP contribution < -0.4 is 5.32 Å². The maximum atomic E-state index is 12.5. The first kappa shape index (κ1) is 20.0. The molecule has 0 aromatic carbocycles. The number of hydrogen-bond donors (Lipinski definition) is 1. The Morgan fingerprint density at radius 3 is 2.74 bits per heavy atom. The lowest BCUT2D eigenvalue weighted by Gasteiger charge is -2.30. The van der Waals surface area contributed by atoms with E-state index in [2.05, 4.69) is 15.3 Å². The molecule has 1 amide bonds. The highest BCUT2D eigenvalue weighted by Crippen LogP contribution is 2.26. The number of hydrogen-bond acceptors (Lipinski definition) is 6. The third-order valence-corrected chi connectivity index (χ3v) is 7.86. The normalized spacial score (nSPS) is 16.7. The molecule has 3 heterocycles. The second kappa shape index (κ2) is 8.51. The first-order valence-corrected chi connectivity index (χ1v) is 11.2. The second-order valence-electron chi connectivity index (χ2n) is 6.90. The largest absolute Gasteiger partial charge is 0.323 e. The summed E-state index contributed by atoms with van der Waals surface area (Å²) in [5.41, 5.74) is 0.674. The van der Waals surface area contributed by atoms with Gasteiger partial charge in [0.1, 0.15) is 4.21 Å². The average molecular weight is 412 g/mol. The molecule has 1 aliphatic heterocycles. The number of likely N-dealkylation sites (N-methyl/N-ethyl adjacent to an activating group) is 1. The molecule has 10 heteroatoms. The van der Waals surface area contributed by atoms with Crippen molar-refractivity contribution >= 4 is 33.0 Å². The molecule has 0 aliphatic carbocycles. The Balaban J connectivity index is 1.52. The molecule has 0 saturated carbocycles. The van der Waals surface area contributed by atoms with Crippen molar-refractivity contribution in [1.29, 1.82) is 0 Å². The summed E-state index contributed by atoms with van der Waals surface area (Å²) in [6.07, 6.45) is 4.50. The van der Waals surface area contributed by atoms with E-state index in [1.807, 2.05) is 20.3 Å². The van der Waals surface area contributed by atoms with Crippen molar-refractivity contribution in [3.63, 3.8) is 0 Å². The predicted octanol–water partition coefficient (Wildman–Crippen LogP) is 1.55. The first-order chi connectivity index (χ1) is 12.9. The quantitative estimate of drug-likeness (QED) is 0.747. The van der Waals surface area contributed by atoms with Crippen molar-refractivity contribution in [3.05, 3.63) is 29.9 Å². The number of nitrogens with one attached hydrogen (secondary N) is 1. The molecule has 0 radical (unpaired) electrons. The highest BCUT2D eigenvalue weighted by atomic mass is 32.2. The van der Waals surface area contributed by atoms with Gasteiger partial charge in [0.15, 0.2) is 0 Å². The van der Waals surface area contributed by atoms with Gasteiger partial charge in [0.2, 0.25) is 5.91 Å². The molecule has 27 heavy (non-hydrogen) atoms. The van der Waals surface area contributed by atoms with Crippen molar-refractivity contribution in [2.45, 2.75) is 23.6 Å². The van der Waals surface area contributed by atoms with E-state index < -0.39 is 10.0 Å². The Bertz CT molecular complexity index is 853. The van der Waals surface area contributed by atoms with E-state index in [0.717, 1.165) is 13.1 Å². The molecule has 8 nitrogen and oxygen atoms in total. The van der Waals surface area contributed by atoms with Crippen LogP contribution in [0.25, 0.3) is 0 Å². The number of nitrogens with zero attached hydrogens (tertiary/aromatic N) is 4. The van der Waals surface area contributed by atoms with Crippen LogP contribution in [-0.4, -0.2) is 67.0 Å². The Labute approximate surface area is 163 Å².